The first-order chi connectivity index (χ1) is 9.48. The van der Waals surface area contributed by atoms with Gasteiger partial charge in [-0.15, -0.1) is 0 Å². The van der Waals surface area contributed by atoms with Gasteiger partial charge >= 0.3 is 5.97 Å². The normalized spacial score (nSPS) is 20.0. The molecule has 2 rings (SSSR count). The Labute approximate surface area is 118 Å². The molecule has 1 N–H and O–H groups in total. The Morgan fingerprint density at radius 2 is 2.20 bits per heavy atom. The molecule has 0 saturated carbocycles. The third kappa shape index (κ3) is 2.84. The van der Waals surface area contributed by atoms with Crippen LogP contribution in [0.1, 0.15) is 16.8 Å². The van der Waals surface area contributed by atoms with Gasteiger partial charge in [-0.1, -0.05) is 6.07 Å². The second-order valence-corrected chi connectivity index (χ2v) is 6.59. The van der Waals surface area contributed by atoms with Crippen molar-refractivity contribution in [2.75, 3.05) is 27.2 Å². The minimum absolute atomic E-state index is 0.122. The maximum absolute atomic E-state index is 12.5. The standard InChI is InChI=1S/C13H18N2O4S/c1-14-11-6-7-15(9-11)20(17,18)12-5-3-4-10(8-12)13(16)19-2/h3-5,8,11,14H,6-7,9H2,1-2H3. The summed E-state index contributed by atoms with van der Waals surface area (Å²) >= 11 is 0. The molecule has 1 heterocycles. The number of carbonyl (C=O) groups is 1. The first kappa shape index (κ1) is 15.0. The molecular formula is C13H18N2O4S. The Morgan fingerprint density at radius 1 is 1.45 bits per heavy atom. The van der Waals surface area contributed by atoms with E-state index in [-0.39, 0.29) is 16.5 Å². The Bertz CT molecular complexity index is 600. The first-order valence-corrected chi connectivity index (χ1v) is 7.79. The molecule has 1 aliphatic rings. The average Bonchev–Trinajstić information content (AvgIpc) is 2.96. The second kappa shape index (κ2) is 5.90. The number of sulfonamides is 1. The van der Waals surface area contributed by atoms with Crippen LogP contribution >= 0.6 is 0 Å². The number of likely N-dealkylation sites (N-methyl/N-ethyl adjacent to an activating group) is 1. The van der Waals surface area contributed by atoms with E-state index in [1.54, 1.807) is 6.07 Å². The molecule has 1 aromatic rings. The summed E-state index contributed by atoms with van der Waals surface area (Å²) in [6, 6.07) is 6.10. The quantitative estimate of drug-likeness (QED) is 0.817. The molecule has 0 bridgehead atoms. The van der Waals surface area contributed by atoms with Crippen molar-refractivity contribution < 1.29 is 17.9 Å². The lowest BCUT2D eigenvalue weighted by molar-refractivity contribution is 0.0600. The SMILES string of the molecule is CNC1CCN(S(=O)(=O)c2cccc(C(=O)OC)c2)C1. The Kier molecular flexibility index (Phi) is 4.42. The minimum atomic E-state index is -3.56. The van der Waals surface area contributed by atoms with Crippen LogP contribution in [0.5, 0.6) is 0 Å². The zero-order chi connectivity index (χ0) is 14.8. The number of methoxy groups -OCH3 is 1. The van der Waals surface area contributed by atoms with Gasteiger partial charge in [-0.3, -0.25) is 0 Å². The zero-order valence-electron chi connectivity index (χ0n) is 11.5. The zero-order valence-corrected chi connectivity index (χ0v) is 12.3. The number of nitrogens with zero attached hydrogens (tertiary/aromatic N) is 1. The number of esters is 1. The van der Waals surface area contributed by atoms with Crippen molar-refractivity contribution in [3.63, 3.8) is 0 Å². The number of benzene rings is 1. The molecule has 0 spiro atoms. The number of hydrogen-bond donors (Lipinski definition) is 1. The van der Waals surface area contributed by atoms with E-state index in [1.807, 2.05) is 7.05 Å². The molecule has 1 fully saturated rings. The van der Waals surface area contributed by atoms with Crippen LogP contribution in [0.2, 0.25) is 0 Å². The summed E-state index contributed by atoms with van der Waals surface area (Å²) < 4.78 is 31.1. The molecule has 0 radical (unpaired) electrons. The van der Waals surface area contributed by atoms with Gasteiger partial charge in [-0.25, -0.2) is 13.2 Å². The van der Waals surface area contributed by atoms with E-state index >= 15 is 0 Å². The highest BCUT2D eigenvalue weighted by molar-refractivity contribution is 7.89. The predicted octanol–water partition coefficient (Wildman–Crippen LogP) is 0.456. The average molecular weight is 298 g/mol. The molecule has 1 aliphatic heterocycles. The van der Waals surface area contributed by atoms with Crippen LogP contribution in [0, 0.1) is 0 Å². The van der Waals surface area contributed by atoms with Crippen molar-refractivity contribution in [3.8, 4) is 0 Å². The highest BCUT2D eigenvalue weighted by Crippen LogP contribution is 2.22. The van der Waals surface area contributed by atoms with Gasteiger partial charge in [-0.05, 0) is 31.7 Å². The van der Waals surface area contributed by atoms with Crippen molar-refractivity contribution in [1.82, 2.24) is 9.62 Å². The third-order valence-corrected chi connectivity index (χ3v) is 5.31. The van der Waals surface area contributed by atoms with Gasteiger partial charge < -0.3 is 10.1 Å². The van der Waals surface area contributed by atoms with E-state index in [4.69, 9.17) is 0 Å². The fraction of sp³-hybridized carbons (Fsp3) is 0.462. The van der Waals surface area contributed by atoms with E-state index in [0.717, 1.165) is 6.42 Å². The molecule has 1 aromatic carbocycles. The van der Waals surface area contributed by atoms with Crippen molar-refractivity contribution >= 4 is 16.0 Å². The number of ether oxygens (including phenoxy) is 1. The Balaban J connectivity index is 2.28. The van der Waals surface area contributed by atoms with Crippen LogP contribution < -0.4 is 5.32 Å². The predicted molar refractivity (Wildman–Crippen MR) is 74.0 cm³/mol. The summed E-state index contributed by atoms with van der Waals surface area (Å²) in [6.45, 7) is 0.928. The monoisotopic (exact) mass is 298 g/mol. The van der Waals surface area contributed by atoms with Crippen molar-refractivity contribution in [2.24, 2.45) is 0 Å². The largest absolute Gasteiger partial charge is 0.465 e. The van der Waals surface area contributed by atoms with Gasteiger partial charge in [0.15, 0.2) is 0 Å². The Morgan fingerprint density at radius 3 is 2.80 bits per heavy atom. The fourth-order valence-electron chi connectivity index (χ4n) is 2.23. The van der Waals surface area contributed by atoms with Gasteiger partial charge in [0.1, 0.15) is 0 Å². The minimum Gasteiger partial charge on any atom is -0.465 e. The van der Waals surface area contributed by atoms with Crippen LogP contribution in [0.25, 0.3) is 0 Å². The molecule has 1 saturated heterocycles. The Hall–Kier alpha value is -1.44. The van der Waals surface area contributed by atoms with Crippen molar-refractivity contribution in [3.05, 3.63) is 29.8 Å². The van der Waals surface area contributed by atoms with Crippen LogP contribution in [0.4, 0.5) is 0 Å². The first-order valence-electron chi connectivity index (χ1n) is 6.35. The summed E-state index contributed by atoms with van der Waals surface area (Å²) in [5.74, 6) is -0.545. The topological polar surface area (TPSA) is 75.7 Å². The van der Waals surface area contributed by atoms with E-state index in [1.165, 1.54) is 29.6 Å². The van der Waals surface area contributed by atoms with Gasteiger partial charge in [0.25, 0.3) is 0 Å². The number of carbonyl (C=O) groups excluding carboxylic acids is 1. The molecule has 0 amide bonds. The third-order valence-electron chi connectivity index (χ3n) is 3.45. The summed E-state index contributed by atoms with van der Waals surface area (Å²) in [6.07, 6.45) is 0.784. The molecule has 1 unspecified atom stereocenters. The van der Waals surface area contributed by atoms with Crippen LogP contribution in [-0.4, -0.2) is 52.0 Å². The molecular weight excluding hydrogens is 280 g/mol. The van der Waals surface area contributed by atoms with E-state index in [9.17, 15) is 13.2 Å². The van der Waals surface area contributed by atoms with E-state index in [0.29, 0.717) is 13.1 Å². The smallest absolute Gasteiger partial charge is 0.337 e. The van der Waals surface area contributed by atoms with Crippen LogP contribution in [-0.2, 0) is 14.8 Å². The summed E-state index contributed by atoms with van der Waals surface area (Å²) in [5, 5.41) is 3.08. The number of rotatable bonds is 4. The molecule has 7 heteroatoms. The molecule has 110 valence electrons. The van der Waals surface area contributed by atoms with Gasteiger partial charge in [0.05, 0.1) is 17.6 Å². The number of hydrogen-bond acceptors (Lipinski definition) is 5. The van der Waals surface area contributed by atoms with Crippen molar-refractivity contribution in [2.45, 2.75) is 17.4 Å². The molecule has 1 atom stereocenters. The maximum atomic E-state index is 12.5. The lowest BCUT2D eigenvalue weighted by Gasteiger charge is -2.16. The highest BCUT2D eigenvalue weighted by atomic mass is 32.2. The van der Waals surface area contributed by atoms with E-state index < -0.39 is 16.0 Å². The van der Waals surface area contributed by atoms with Gasteiger partial charge in [-0.2, -0.15) is 4.31 Å². The summed E-state index contributed by atoms with van der Waals surface area (Å²) in [4.78, 5) is 11.6. The fourth-order valence-corrected chi connectivity index (χ4v) is 3.78. The van der Waals surface area contributed by atoms with Gasteiger partial charge in [0.2, 0.25) is 10.0 Å². The molecule has 0 aromatic heterocycles. The molecule has 20 heavy (non-hydrogen) atoms. The molecule has 6 nitrogen and oxygen atoms in total. The van der Waals surface area contributed by atoms with Crippen LogP contribution in [0.3, 0.4) is 0 Å². The molecule has 0 aliphatic carbocycles. The van der Waals surface area contributed by atoms with Gasteiger partial charge in [0, 0.05) is 19.1 Å². The summed E-state index contributed by atoms with van der Waals surface area (Å²) in [7, 11) is -0.477. The summed E-state index contributed by atoms with van der Waals surface area (Å²) in [5.41, 5.74) is 0.234. The lowest BCUT2D eigenvalue weighted by Crippen LogP contribution is -2.33. The number of nitrogens with one attached hydrogen (secondary N) is 1. The highest BCUT2D eigenvalue weighted by Gasteiger charge is 2.32. The van der Waals surface area contributed by atoms with Crippen molar-refractivity contribution in [1.29, 1.82) is 0 Å². The maximum Gasteiger partial charge on any atom is 0.337 e. The lowest BCUT2D eigenvalue weighted by atomic mass is 10.2. The van der Waals surface area contributed by atoms with E-state index in [2.05, 4.69) is 10.1 Å². The van der Waals surface area contributed by atoms with Crippen LogP contribution in [0.15, 0.2) is 29.2 Å². The second-order valence-electron chi connectivity index (χ2n) is 4.66.